The highest BCUT2D eigenvalue weighted by atomic mass is 16.4. The summed E-state index contributed by atoms with van der Waals surface area (Å²) in [7, 11) is 1.44. The minimum Gasteiger partial charge on any atom is -0.408 e. The number of carbonyl (C=O) groups is 2. The molecular formula is C12H12N4O4. The molecule has 1 aliphatic heterocycles. The lowest BCUT2D eigenvalue weighted by atomic mass is 10.2. The number of aromatic nitrogens is 1. The van der Waals surface area contributed by atoms with Crippen LogP contribution in [0.3, 0.4) is 0 Å². The molecule has 3 rings (SSSR count). The number of H-pyrrole nitrogens is 1. The molecule has 20 heavy (non-hydrogen) atoms. The summed E-state index contributed by atoms with van der Waals surface area (Å²) in [5, 5.41) is 2.92. The molecule has 0 aliphatic carbocycles. The van der Waals surface area contributed by atoms with E-state index in [0.717, 1.165) is 4.90 Å². The minimum atomic E-state index is -0.647. The zero-order valence-electron chi connectivity index (χ0n) is 10.6. The van der Waals surface area contributed by atoms with Crippen LogP contribution in [-0.2, 0) is 9.59 Å². The molecule has 8 nitrogen and oxygen atoms in total. The minimum absolute atomic E-state index is 0.0781. The highest BCUT2D eigenvalue weighted by Crippen LogP contribution is 2.26. The van der Waals surface area contributed by atoms with E-state index in [4.69, 9.17) is 10.2 Å². The van der Waals surface area contributed by atoms with Gasteiger partial charge in [0.2, 0.25) is 5.91 Å². The van der Waals surface area contributed by atoms with E-state index in [0.29, 0.717) is 22.5 Å². The molecule has 0 saturated carbocycles. The van der Waals surface area contributed by atoms with E-state index in [2.05, 4.69) is 10.3 Å². The monoisotopic (exact) mass is 276 g/mol. The van der Waals surface area contributed by atoms with Crippen molar-refractivity contribution in [3.63, 3.8) is 0 Å². The molecule has 1 saturated heterocycles. The van der Waals surface area contributed by atoms with Crippen molar-refractivity contribution < 1.29 is 14.0 Å². The molecule has 1 atom stereocenters. The van der Waals surface area contributed by atoms with E-state index in [1.54, 1.807) is 6.07 Å². The lowest BCUT2D eigenvalue weighted by Crippen LogP contribution is -2.32. The first-order valence-electron chi connectivity index (χ1n) is 5.95. The summed E-state index contributed by atoms with van der Waals surface area (Å²) in [5.74, 6) is -1.14. The normalized spacial score (nSPS) is 19.1. The van der Waals surface area contributed by atoms with E-state index in [-0.39, 0.29) is 18.2 Å². The largest absolute Gasteiger partial charge is 0.417 e. The molecule has 0 bridgehead atoms. The molecule has 0 radical (unpaired) electrons. The van der Waals surface area contributed by atoms with Gasteiger partial charge in [-0.2, -0.15) is 0 Å². The number of imide groups is 1. The molecule has 1 aliphatic rings. The van der Waals surface area contributed by atoms with Crippen LogP contribution in [-0.4, -0.2) is 34.8 Å². The lowest BCUT2D eigenvalue weighted by molar-refractivity contribution is -0.136. The van der Waals surface area contributed by atoms with Gasteiger partial charge in [-0.1, -0.05) is 0 Å². The molecule has 1 fully saturated rings. The van der Waals surface area contributed by atoms with E-state index >= 15 is 0 Å². The molecule has 2 amide bonds. The number of oxazole rings is 1. The summed E-state index contributed by atoms with van der Waals surface area (Å²) >= 11 is 0. The molecule has 0 spiro atoms. The first-order valence-corrected chi connectivity index (χ1v) is 5.95. The standard InChI is InChI=1S/C12H12N4O4/c1-16-10(17)4-8(11(16)18)14-6-3-7-9(2-5(6)13)20-12(19)15-7/h2-3,8,14H,4,13H2,1H3,(H,15,19). The van der Waals surface area contributed by atoms with Crippen LogP contribution in [0.25, 0.3) is 11.1 Å². The summed E-state index contributed by atoms with van der Waals surface area (Å²) in [6.45, 7) is 0. The fraction of sp³-hybridized carbons (Fsp3) is 0.250. The number of nitrogen functional groups attached to an aromatic ring is 1. The summed E-state index contributed by atoms with van der Waals surface area (Å²) in [5.41, 5.74) is 7.44. The number of nitrogens with two attached hydrogens (primary N) is 1. The van der Waals surface area contributed by atoms with E-state index in [1.165, 1.54) is 13.1 Å². The Morgan fingerprint density at radius 2 is 2.15 bits per heavy atom. The zero-order valence-corrected chi connectivity index (χ0v) is 10.6. The van der Waals surface area contributed by atoms with Gasteiger partial charge in [-0.15, -0.1) is 0 Å². The van der Waals surface area contributed by atoms with Crippen molar-refractivity contribution in [1.82, 2.24) is 9.88 Å². The number of carbonyl (C=O) groups excluding carboxylic acids is 2. The third-order valence-corrected chi connectivity index (χ3v) is 3.30. The number of amides is 2. The molecule has 1 aromatic heterocycles. The molecule has 1 aromatic carbocycles. The van der Waals surface area contributed by atoms with Gasteiger partial charge in [0.1, 0.15) is 6.04 Å². The predicted octanol–water partition coefficient (Wildman–Crippen LogP) is -0.128. The summed E-state index contributed by atoms with van der Waals surface area (Å²) in [4.78, 5) is 38.0. The first-order chi connectivity index (χ1) is 9.45. The van der Waals surface area contributed by atoms with Crippen LogP contribution < -0.4 is 16.8 Å². The maximum absolute atomic E-state index is 11.8. The van der Waals surface area contributed by atoms with Gasteiger partial charge >= 0.3 is 5.76 Å². The topological polar surface area (TPSA) is 121 Å². The second-order valence-electron chi connectivity index (χ2n) is 4.64. The predicted molar refractivity (Wildman–Crippen MR) is 71.1 cm³/mol. The maximum atomic E-state index is 11.8. The van der Waals surface area contributed by atoms with Gasteiger partial charge in [0, 0.05) is 13.1 Å². The van der Waals surface area contributed by atoms with Crippen LogP contribution in [0.15, 0.2) is 21.3 Å². The maximum Gasteiger partial charge on any atom is 0.417 e. The average molecular weight is 276 g/mol. The van der Waals surface area contributed by atoms with Crippen molar-refractivity contribution in [2.45, 2.75) is 12.5 Å². The Kier molecular flexibility index (Phi) is 2.53. The van der Waals surface area contributed by atoms with Gasteiger partial charge in [-0.3, -0.25) is 19.5 Å². The van der Waals surface area contributed by atoms with Crippen molar-refractivity contribution in [3.8, 4) is 0 Å². The van der Waals surface area contributed by atoms with E-state index in [9.17, 15) is 14.4 Å². The lowest BCUT2D eigenvalue weighted by Gasteiger charge is -2.14. The Morgan fingerprint density at radius 3 is 2.80 bits per heavy atom. The van der Waals surface area contributed by atoms with E-state index < -0.39 is 11.8 Å². The zero-order chi connectivity index (χ0) is 14.4. The van der Waals surface area contributed by atoms with Crippen LogP contribution in [0.1, 0.15) is 6.42 Å². The number of nitrogens with one attached hydrogen (secondary N) is 2. The third kappa shape index (κ3) is 1.81. The molecule has 8 heteroatoms. The Hall–Kier alpha value is -2.77. The van der Waals surface area contributed by atoms with Gasteiger partial charge in [0.05, 0.1) is 23.3 Å². The number of fused-ring (bicyclic) bond motifs is 1. The Labute approximate surface area is 112 Å². The third-order valence-electron chi connectivity index (χ3n) is 3.30. The SMILES string of the molecule is CN1C(=O)CC(Nc2cc3[nH]c(=O)oc3cc2N)C1=O. The number of benzene rings is 1. The number of aromatic amines is 1. The van der Waals surface area contributed by atoms with Crippen molar-refractivity contribution in [3.05, 3.63) is 22.7 Å². The van der Waals surface area contributed by atoms with Gasteiger partial charge in [0.25, 0.3) is 5.91 Å². The summed E-state index contributed by atoms with van der Waals surface area (Å²) < 4.78 is 4.88. The van der Waals surface area contributed by atoms with Crippen LogP contribution in [0, 0.1) is 0 Å². The van der Waals surface area contributed by atoms with Crippen LogP contribution in [0.2, 0.25) is 0 Å². The number of hydrogen-bond acceptors (Lipinski definition) is 6. The Balaban J connectivity index is 1.95. The smallest absolute Gasteiger partial charge is 0.408 e. The molecule has 2 aromatic rings. The molecule has 2 heterocycles. The number of rotatable bonds is 2. The molecule has 104 valence electrons. The molecular weight excluding hydrogens is 264 g/mol. The molecule has 1 unspecified atom stereocenters. The van der Waals surface area contributed by atoms with Crippen LogP contribution >= 0.6 is 0 Å². The number of anilines is 2. The highest BCUT2D eigenvalue weighted by Gasteiger charge is 2.36. The van der Waals surface area contributed by atoms with Gasteiger partial charge in [-0.05, 0) is 6.07 Å². The second-order valence-corrected chi connectivity index (χ2v) is 4.64. The first kappa shape index (κ1) is 12.3. The number of likely N-dealkylation sites (tertiary alicyclic amines) is 1. The Bertz CT molecular complexity index is 775. The fourth-order valence-electron chi connectivity index (χ4n) is 2.19. The van der Waals surface area contributed by atoms with Gasteiger partial charge in [-0.25, -0.2) is 4.79 Å². The average Bonchev–Trinajstić information content (AvgIpc) is 2.85. The van der Waals surface area contributed by atoms with Crippen molar-refractivity contribution in [2.24, 2.45) is 0 Å². The van der Waals surface area contributed by atoms with Crippen molar-refractivity contribution in [1.29, 1.82) is 0 Å². The Morgan fingerprint density at radius 1 is 1.40 bits per heavy atom. The van der Waals surface area contributed by atoms with Crippen LogP contribution in [0.4, 0.5) is 11.4 Å². The fourth-order valence-corrected chi connectivity index (χ4v) is 2.19. The van der Waals surface area contributed by atoms with E-state index in [1.807, 2.05) is 0 Å². The molecule has 4 N–H and O–H groups in total. The quantitative estimate of drug-likeness (QED) is 0.519. The summed E-state index contributed by atoms with van der Waals surface area (Å²) in [6.07, 6.45) is 0.0781. The van der Waals surface area contributed by atoms with Crippen molar-refractivity contribution in [2.75, 3.05) is 18.1 Å². The highest BCUT2D eigenvalue weighted by molar-refractivity contribution is 6.07. The second kappa shape index (κ2) is 4.12. The van der Waals surface area contributed by atoms with Gasteiger partial charge < -0.3 is 15.5 Å². The van der Waals surface area contributed by atoms with Gasteiger partial charge in [0.15, 0.2) is 5.58 Å². The number of nitrogens with zero attached hydrogens (tertiary/aromatic N) is 1. The van der Waals surface area contributed by atoms with Crippen molar-refractivity contribution >= 4 is 34.3 Å². The number of likely N-dealkylation sites (N-methyl/N-ethyl adjacent to an activating group) is 1. The summed E-state index contributed by atoms with van der Waals surface area (Å²) in [6, 6.07) is 2.41. The van der Waals surface area contributed by atoms with Crippen LogP contribution in [0.5, 0.6) is 0 Å². The number of hydrogen-bond donors (Lipinski definition) is 3.